The third kappa shape index (κ3) is 6.33. The summed E-state index contributed by atoms with van der Waals surface area (Å²) in [6.07, 6.45) is 0.817. The highest BCUT2D eigenvalue weighted by Crippen LogP contribution is 2.10. The van der Waals surface area contributed by atoms with Gasteiger partial charge in [0.15, 0.2) is 0 Å². The molecule has 0 amide bonds. The highest BCUT2D eigenvalue weighted by molar-refractivity contribution is 4.68. The third-order valence-electron chi connectivity index (χ3n) is 2.58. The van der Waals surface area contributed by atoms with Crippen LogP contribution in [0.2, 0.25) is 0 Å². The van der Waals surface area contributed by atoms with Crippen molar-refractivity contribution < 1.29 is 23.7 Å². The largest absolute Gasteiger partial charge is 0.376 e. The Bertz CT molecular complexity index is 193. The summed E-state index contributed by atoms with van der Waals surface area (Å²) in [5.41, 5.74) is 0. The average Bonchev–Trinajstić information content (AvgIpc) is 3.12. The smallest absolute Gasteiger partial charge is 0.104 e. The van der Waals surface area contributed by atoms with Crippen molar-refractivity contribution in [3.63, 3.8) is 0 Å². The van der Waals surface area contributed by atoms with Gasteiger partial charge in [-0.2, -0.15) is 0 Å². The first-order valence-electron chi connectivity index (χ1n) is 6.28. The zero-order valence-corrected chi connectivity index (χ0v) is 10.6. The van der Waals surface area contributed by atoms with Gasteiger partial charge in [0.2, 0.25) is 0 Å². The minimum atomic E-state index is 0.0875. The Morgan fingerprint density at radius 1 is 0.941 bits per heavy atom. The lowest BCUT2D eigenvalue weighted by atomic mass is 10.4. The molecule has 0 N–H and O–H groups in total. The Labute approximate surface area is 102 Å². The molecule has 0 radical (unpaired) electrons. The van der Waals surface area contributed by atoms with Gasteiger partial charge in [-0.3, -0.25) is 0 Å². The lowest BCUT2D eigenvalue weighted by Gasteiger charge is -2.19. The van der Waals surface area contributed by atoms with Gasteiger partial charge in [0.05, 0.1) is 51.8 Å². The molecule has 0 saturated carbocycles. The molecular weight excluding hydrogens is 224 g/mol. The molecule has 17 heavy (non-hydrogen) atoms. The molecule has 0 aliphatic carbocycles. The molecule has 0 aromatic heterocycles. The van der Waals surface area contributed by atoms with Crippen LogP contribution in [0.5, 0.6) is 0 Å². The van der Waals surface area contributed by atoms with E-state index in [2.05, 4.69) is 0 Å². The molecule has 2 heterocycles. The molecule has 2 saturated heterocycles. The van der Waals surface area contributed by atoms with Crippen molar-refractivity contribution >= 4 is 0 Å². The molecule has 2 fully saturated rings. The van der Waals surface area contributed by atoms with Gasteiger partial charge in [-0.15, -0.1) is 0 Å². The van der Waals surface area contributed by atoms with Crippen molar-refractivity contribution in [1.82, 2.24) is 0 Å². The van der Waals surface area contributed by atoms with E-state index in [1.165, 1.54) is 0 Å². The van der Waals surface area contributed by atoms with Gasteiger partial charge >= 0.3 is 0 Å². The van der Waals surface area contributed by atoms with Gasteiger partial charge in [-0.1, -0.05) is 0 Å². The number of epoxide rings is 2. The molecule has 5 nitrogen and oxygen atoms in total. The molecule has 2 aliphatic rings. The Hall–Kier alpha value is -0.200. The van der Waals surface area contributed by atoms with E-state index >= 15 is 0 Å². The fourth-order valence-corrected chi connectivity index (χ4v) is 1.53. The predicted molar refractivity (Wildman–Crippen MR) is 61.1 cm³/mol. The van der Waals surface area contributed by atoms with E-state index in [1.54, 1.807) is 0 Å². The summed E-state index contributed by atoms with van der Waals surface area (Å²) in [4.78, 5) is 0. The van der Waals surface area contributed by atoms with E-state index in [0.717, 1.165) is 13.2 Å². The quantitative estimate of drug-likeness (QED) is 0.529. The second-order valence-corrected chi connectivity index (χ2v) is 4.74. The van der Waals surface area contributed by atoms with Crippen molar-refractivity contribution in [2.45, 2.75) is 38.3 Å². The normalized spacial score (nSPS) is 30.0. The standard InChI is InChI=1S/C12H22O5/c1-9(3-13-5-11-7-15-11)17-10(2)4-14-6-12-8-16-12/h9-12H,3-8H2,1-2H3/t9-,10+,11-,12-/m1/s1. The second kappa shape index (κ2) is 6.66. The molecular formula is C12H22O5. The van der Waals surface area contributed by atoms with E-state index in [-0.39, 0.29) is 12.2 Å². The minimum absolute atomic E-state index is 0.0875. The van der Waals surface area contributed by atoms with Crippen molar-refractivity contribution in [1.29, 1.82) is 0 Å². The molecule has 0 unspecified atom stereocenters. The van der Waals surface area contributed by atoms with Crippen molar-refractivity contribution in [2.24, 2.45) is 0 Å². The average molecular weight is 246 g/mol. The van der Waals surface area contributed by atoms with Crippen LogP contribution in [0, 0.1) is 0 Å². The van der Waals surface area contributed by atoms with Crippen LogP contribution >= 0.6 is 0 Å². The molecule has 0 spiro atoms. The SMILES string of the molecule is C[C@H](COC[C@@H]1CO1)O[C@@H](C)COC[C@@H]1CO1. The summed E-state index contributed by atoms with van der Waals surface area (Å²) >= 11 is 0. The fraction of sp³-hybridized carbons (Fsp3) is 1.00. The van der Waals surface area contributed by atoms with E-state index < -0.39 is 0 Å². The Morgan fingerprint density at radius 2 is 1.35 bits per heavy atom. The summed E-state index contributed by atoms with van der Waals surface area (Å²) < 4.78 is 26.8. The first-order valence-corrected chi connectivity index (χ1v) is 6.28. The number of hydrogen-bond donors (Lipinski definition) is 0. The summed E-state index contributed by atoms with van der Waals surface area (Å²) in [5.74, 6) is 0. The van der Waals surface area contributed by atoms with Crippen LogP contribution in [0.15, 0.2) is 0 Å². The lowest BCUT2D eigenvalue weighted by molar-refractivity contribution is -0.0727. The first kappa shape index (κ1) is 13.2. The topological polar surface area (TPSA) is 52.8 Å². The van der Waals surface area contributed by atoms with Gasteiger partial charge in [-0.05, 0) is 13.8 Å². The molecule has 0 bridgehead atoms. The molecule has 5 heteroatoms. The zero-order valence-electron chi connectivity index (χ0n) is 10.6. The molecule has 0 aromatic rings. The predicted octanol–water partition coefficient (Wildman–Crippen LogP) is 0.611. The van der Waals surface area contributed by atoms with Crippen molar-refractivity contribution in [3.05, 3.63) is 0 Å². The summed E-state index contributed by atoms with van der Waals surface area (Å²) in [7, 11) is 0. The fourth-order valence-electron chi connectivity index (χ4n) is 1.53. The van der Waals surface area contributed by atoms with E-state index in [4.69, 9.17) is 23.7 Å². The van der Waals surface area contributed by atoms with Crippen LogP contribution in [0.3, 0.4) is 0 Å². The van der Waals surface area contributed by atoms with Crippen LogP contribution in [-0.4, -0.2) is 64.1 Å². The van der Waals surface area contributed by atoms with Crippen LogP contribution in [-0.2, 0) is 23.7 Å². The number of ether oxygens (including phenoxy) is 5. The summed E-state index contributed by atoms with van der Waals surface area (Å²) in [5, 5.41) is 0. The molecule has 2 aliphatic heterocycles. The maximum atomic E-state index is 5.72. The maximum Gasteiger partial charge on any atom is 0.104 e. The molecule has 4 atom stereocenters. The molecule has 2 rings (SSSR count). The van der Waals surface area contributed by atoms with Crippen molar-refractivity contribution in [3.8, 4) is 0 Å². The maximum absolute atomic E-state index is 5.72. The van der Waals surface area contributed by atoms with E-state index in [1.807, 2.05) is 13.8 Å². The molecule has 0 aromatic carbocycles. The van der Waals surface area contributed by atoms with Gasteiger partial charge in [0, 0.05) is 0 Å². The Kier molecular flexibility index (Phi) is 5.18. The third-order valence-corrected chi connectivity index (χ3v) is 2.58. The lowest BCUT2D eigenvalue weighted by Crippen LogP contribution is -2.26. The van der Waals surface area contributed by atoms with Gasteiger partial charge < -0.3 is 23.7 Å². The van der Waals surface area contributed by atoms with Crippen LogP contribution < -0.4 is 0 Å². The highest BCUT2D eigenvalue weighted by Gasteiger charge is 2.23. The number of rotatable bonds is 10. The Balaban J connectivity index is 1.42. The second-order valence-electron chi connectivity index (χ2n) is 4.74. The van der Waals surface area contributed by atoms with Crippen LogP contribution in [0.4, 0.5) is 0 Å². The monoisotopic (exact) mass is 246 g/mol. The highest BCUT2D eigenvalue weighted by atomic mass is 16.6. The van der Waals surface area contributed by atoms with Crippen LogP contribution in [0.25, 0.3) is 0 Å². The van der Waals surface area contributed by atoms with Crippen molar-refractivity contribution in [2.75, 3.05) is 39.6 Å². The van der Waals surface area contributed by atoms with E-state index in [0.29, 0.717) is 38.6 Å². The minimum Gasteiger partial charge on any atom is -0.376 e. The Morgan fingerprint density at radius 3 is 1.71 bits per heavy atom. The van der Waals surface area contributed by atoms with Gasteiger partial charge in [0.1, 0.15) is 12.2 Å². The number of hydrogen-bond acceptors (Lipinski definition) is 5. The van der Waals surface area contributed by atoms with E-state index in [9.17, 15) is 0 Å². The first-order chi connectivity index (χ1) is 8.24. The van der Waals surface area contributed by atoms with Gasteiger partial charge in [0.25, 0.3) is 0 Å². The van der Waals surface area contributed by atoms with Crippen LogP contribution in [0.1, 0.15) is 13.8 Å². The zero-order chi connectivity index (χ0) is 12.1. The van der Waals surface area contributed by atoms with Gasteiger partial charge in [-0.25, -0.2) is 0 Å². The summed E-state index contributed by atoms with van der Waals surface area (Å²) in [6.45, 7) is 8.26. The molecule has 100 valence electrons. The summed E-state index contributed by atoms with van der Waals surface area (Å²) in [6, 6.07) is 0.